The van der Waals surface area contributed by atoms with Gasteiger partial charge in [0.15, 0.2) is 0 Å². The van der Waals surface area contributed by atoms with Crippen LogP contribution in [0.4, 0.5) is 0 Å². The van der Waals surface area contributed by atoms with E-state index in [9.17, 15) is 8.42 Å². The molecule has 0 saturated heterocycles. The molecule has 0 heterocycles. The van der Waals surface area contributed by atoms with Crippen LogP contribution in [0, 0.1) is 5.92 Å². The van der Waals surface area contributed by atoms with Gasteiger partial charge < -0.3 is 0 Å². The van der Waals surface area contributed by atoms with Crippen molar-refractivity contribution in [2.75, 3.05) is 11.8 Å². The highest BCUT2D eigenvalue weighted by Gasteiger charge is 2.08. The second-order valence-electron chi connectivity index (χ2n) is 2.35. The molecule has 0 fully saturated rings. The van der Waals surface area contributed by atoms with Crippen LogP contribution >= 0.6 is 11.6 Å². The lowest BCUT2D eigenvalue weighted by molar-refractivity contribution is 0.277. The molecule has 0 aromatic heterocycles. The van der Waals surface area contributed by atoms with Crippen molar-refractivity contribution >= 4 is 21.7 Å². The maximum absolute atomic E-state index is 10.5. The van der Waals surface area contributed by atoms with Crippen molar-refractivity contribution < 1.29 is 12.6 Å². The van der Waals surface area contributed by atoms with Crippen LogP contribution in [0.3, 0.4) is 0 Å². The Labute approximate surface area is 66.5 Å². The molecule has 0 aromatic rings. The summed E-state index contributed by atoms with van der Waals surface area (Å²) in [5.41, 5.74) is 0. The minimum Gasteiger partial charge on any atom is -0.269 e. The van der Waals surface area contributed by atoms with Crippen molar-refractivity contribution in [2.45, 2.75) is 13.8 Å². The summed E-state index contributed by atoms with van der Waals surface area (Å²) in [6.07, 6.45) is 0. The Balaban J connectivity index is 3.70. The first-order chi connectivity index (χ1) is 4.48. The molecule has 0 aromatic carbocycles. The Kier molecular flexibility index (Phi) is 4.24. The van der Waals surface area contributed by atoms with Gasteiger partial charge in [0, 0.05) is 0 Å². The van der Waals surface area contributed by atoms with Gasteiger partial charge in [0.1, 0.15) is 5.21 Å². The predicted molar refractivity (Wildman–Crippen MR) is 40.4 cm³/mol. The zero-order valence-electron chi connectivity index (χ0n) is 6.00. The van der Waals surface area contributed by atoms with E-state index in [4.69, 9.17) is 11.6 Å². The highest BCUT2D eigenvalue weighted by molar-refractivity contribution is 7.87. The number of halogens is 1. The van der Waals surface area contributed by atoms with Gasteiger partial charge >= 0.3 is 0 Å². The molecular formula is C5H11ClO3S. The number of rotatable bonds is 4. The standard InChI is InChI=1S/C5H11ClO3S/c1-5(2)3-9-10(7,8)4-6/h5H,3-4H2,1-2H3. The Morgan fingerprint density at radius 2 is 2.00 bits per heavy atom. The lowest BCUT2D eigenvalue weighted by atomic mass is 10.2. The zero-order valence-corrected chi connectivity index (χ0v) is 7.57. The molecular weight excluding hydrogens is 176 g/mol. The van der Waals surface area contributed by atoms with Crippen LogP contribution < -0.4 is 0 Å². The summed E-state index contributed by atoms with van der Waals surface area (Å²) in [6.45, 7) is 3.93. The Morgan fingerprint density at radius 1 is 1.50 bits per heavy atom. The molecule has 0 aliphatic rings. The normalized spacial score (nSPS) is 12.4. The zero-order chi connectivity index (χ0) is 8.20. The molecule has 0 aliphatic carbocycles. The van der Waals surface area contributed by atoms with E-state index in [1.807, 2.05) is 13.8 Å². The third-order valence-corrected chi connectivity index (χ3v) is 2.28. The van der Waals surface area contributed by atoms with Crippen LogP contribution in [0.1, 0.15) is 13.8 Å². The SMILES string of the molecule is CC(C)COS(=O)(=O)CCl. The summed E-state index contributed by atoms with van der Waals surface area (Å²) >= 11 is 5.06. The van der Waals surface area contributed by atoms with Crippen molar-refractivity contribution in [1.82, 2.24) is 0 Å². The molecule has 0 rings (SSSR count). The van der Waals surface area contributed by atoms with Crippen molar-refractivity contribution in [1.29, 1.82) is 0 Å². The molecule has 0 radical (unpaired) electrons. The van der Waals surface area contributed by atoms with Crippen LogP contribution in [0.5, 0.6) is 0 Å². The third-order valence-electron chi connectivity index (χ3n) is 0.715. The molecule has 0 N–H and O–H groups in total. The van der Waals surface area contributed by atoms with Crippen LogP contribution in [0.2, 0.25) is 0 Å². The second-order valence-corrected chi connectivity index (χ2v) is 4.57. The summed E-state index contributed by atoms with van der Waals surface area (Å²) in [5, 5.41) is -0.472. The topological polar surface area (TPSA) is 43.4 Å². The van der Waals surface area contributed by atoms with Crippen LogP contribution in [-0.4, -0.2) is 20.2 Å². The quantitative estimate of drug-likeness (QED) is 0.489. The monoisotopic (exact) mass is 186 g/mol. The van der Waals surface area contributed by atoms with Gasteiger partial charge in [-0.15, -0.1) is 11.6 Å². The smallest absolute Gasteiger partial charge is 0.269 e. The van der Waals surface area contributed by atoms with Crippen molar-refractivity contribution in [3.63, 3.8) is 0 Å². The summed E-state index contributed by atoms with van der Waals surface area (Å²) in [5.74, 6) is 0.206. The maximum Gasteiger partial charge on any atom is 0.281 e. The molecule has 0 aliphatic heterocycles. The minimum atomic E-state index is -3.45. The van der Waals surface area contributed by atoms with Crippen molar-refractivity contribution in [2.24, 2.45) is 5.92 Å². The fourth-order valence-electron chi connectivity index (χ4n) is 0.271. The van der Waals surface area contributed by atoms with E-state index < -0.39 is 15.3 Å². The van der Waals surface area contributed by atoms with E-state index in [-0.39, 0.29) is 12.5 Å². The van der Waals surface area contributed by atoms with E-state index >= 15 is 0 Å². The highest BCUT2D eigenvalue weighted by Crippen LogP contribution is 2.00. The van der Waals surface area contributed by atoms with Gasteiger partial charge in [-0.3, -0.25) is 4.18 Å². The molecule has 0 saturated carbocycles. The van der Waals surface area contributed by atoms with Crippen molar-refractivity contribution in [3.8, 4) is 0 Å². The second kappa shape index (κ2) is 4.16. The maximum atomic E-state index is 10.5. The third kappa shape index (κ3) is 5.02. The number of alkyl halides is 1. The van der Waals surface area contributed by atoms with Gasteiger partial charge in [-0.05, 0) is 5.92 Å². The largest absolute Gasteiger partial charge is 0.281 e. The Morgan fingerprint density at radius 3 is 2.30 bits per heavy atom. The van der Waals surface area contributed by atoms with Gasteiger partial charge in [0.2, 0.25) is 0 Å². The van der Waals surface area contributed by atoms with Crippen LogP contribution in [-0.2, 0) is 14.3 Å². The molecule has 10 heavy (non-hydrogen) atoms. The highest BCUT2D eigenvalue weighted by atomic mass is 35.5. The van der Waals surface area contributed by atoms with Gasteiger partial charge in [-0.1, -0.05) is 13.8 Å². The van der Waals surface area contributed by atoms with Crippen LogP contribution in [0.15, 0.2) is 0 Å². The van der Waals surface area contributed by atoms with E-state index in [2.05, 4.69) is 4.18 Å². The van der Waals surface area contributed by atoms with Gasteiger partial charge in [0.05, 0.1) is 6.61 Å². The summed E-state index contributed by atoms with van der Waals surface area (Å²) in [7, 11) is -3.45. The number of hydrogen-bond donors (Lipinski definition) is 0. The van der Waals surface area contributed by atoms with Gasteiger partial charge in [-0.25, -0.2) is 0 Å². The predicted octanol–water partition coefficient (Wildman–Crippen LogP) is 1.19. The van der Waals surface area contributed by atoms with E-state index in [0.717, 1.165) is 0 Å². The lowest BCUT2D eigenvalue weighted by Gasteiger charge is -2.03. The van der Waals surface area contributed by atoms with Crippen LogP contribution in [0.25, 0.3) is 0 Å². The Bertz CT molecular complexity index is 173. The summed E-state index contributed by atoms with van der Waals surface area (Å²) < 4.78 is 25.6. The minimum absolute atomic E-state index is 0.203. The first kappa shape index (κ1) is 10.2. The summed E-state index contributed by atoms with van der Waals surface area (Å²) in [4.78, 5) is 0. The summed E-state index contributed by atoms with van der Waals surface area (Å²) in [6, 6.07) is 0. The Hall–Kier alpha value is 0.200. The molecule has 3 nitrogen and oxygen atoms in total. The number of hydrogen-bond acceptors (Lipinski definition) is 3. The van der Waals surface area contributed by atoms with Gasteiger partial charge in [-0.2, -0.15) is 8.42 Å². The van der Waals surface area contributed by atoms with E-state index in [1.54, 1.807) is 0 Å². The molecule has 0 bridgehead atoms. The lowest BCUT2D eigenvalue weighted by Crippen LogP contribution is -2.11. The first-order valence-electron chi connectivity index (χ1n) is 2.91. The fourth-order valence-corrected chi connectivity index (χ4v) is 1.00. The van der Waals surface area contributed by atoms with E-state index in [0.29, 0.717) is 0 Å². The molecule has 0 atom stereocenters. The first-order valence-corrected chi connectivity index (χ1v) is 5.02. The van der Waals surface area contributed by atoms with Crippen molar-refractivity contribution in [3.05, 3.63) is 0 Å². The van der Waals surface area contributed by atoms with E-state index in [1.165, 1.54) is 0 Å². The molecule has 0 unspecified atom stereocenters. The molecule has 0 spiro atoms. The average molecular weight is 187 g/mol. The molecule has 0 amide bonds. The average Bonchev–Trinajstić information content (AvgIpc) is 1.85. The molecule has 5 heteroatoms. The molecule has 62 valence electrons. The fraction of sp³-hybridized carbons (Fsp3) is 1.00. The van der Waals surface area contributed by atoms with Gasteiger partial charge in [0.25, 0.3) is 10.1 Å².